The van der Waals surface area contributed by atoms with Gasteiger partial charge in [0, 0.05) is 23.9 Å². The number of carbonyl (C=O) groups excluding carboxylic acids is 1. The highest BCUT2D eigenvalue weighted by Gasteiger charge is 2.09. The van der Waals surface area contributed by atoms with Crippen molar-refractivity contribution >= 4 is 11.5 Å². The largest absolute Gasteiger partial charge is 0.497 e. The molecule has 3 heteroatoms. The van der Waals surface area contributed by atoms with Gasteiger partial charge >= 0.3 is 0 Å². The number of hydrogen-bond acceptors (Lipinski definition) is 3. The second-order valence-electron chi connectivity index (χ2n) is 3.89. The highest BCUT2D eigenvalue weighted by atomic mass is 16.5. The number of anilines is 1. The Morgan fingerprint density at radius 1 is 1.06 bits per heavy atom. The molecule has 2 aromatic carbocycles. The molecule has 0 fully saturated rings. The molecule has 92 valence electrons. The van der Waals surface area contributed by atoms with Crippen LogP contribution < -0.4 is 10.1 Å². The molecule has 0 aromatic heterocycles. The zero-order valence-corrected chi connectivity index (χ0v) is 10.4. The lowest BCUT2D eigenvalue weighted by molar-refractivity contribution is 0.103. The van der Waals surface area contributed by atoms with Crippen LogP contribution in [0.3, 0.4) is 0 Å². The standard InChI is InChI=1S/C15H15NO2/c1-16-13-5-3-4-12(10-13)15(17)11-6-8-14(18-2)9-7-11/h3-10,16H,1-2H3. The summed E-state index contributed by atoms with van der Waals surface area (Å²) in [6.07, 6.45) is 0. The summed E-state index contributed by atoms with van der Waals surface area (Å²) in [6.45, 7) is 0. The molecule has 0 unspecified atom stereocenters. The van der Waals surface area contributed by atoms with Gasteiger partial charge in [0.05, 0.1) is 7.11 Å². The molecule has 0 aliphatic heterocycles. The molecular weight excluding hydrogens is 226 g/mol. The van der Waals surface area contributed by atoms with E-state index in [1.165, 1.54) is 0 Å². The Morgan fingerprint density at radius 2 is 1.78 bits per heavy atom. The fourth-order valence-electron chi connectivity index (χ4n) is 1.73. The first-order valence-corrected chi connectivity index (χ1v) is 5.71. The molecule has 0 amide bonds. The molecule has 0 radical (unpaired) electrons. The highest BCUT2D eigenvalue weighted by Crippen LogP contribution is 2.17. The smallest absolute Gasteiger partial charge is 0.193 e. The van der Waals surface area contributed by atoms with Crippen LogP contribution in [-0.2, 0) is 0 Å². The first-order valence-electron chi connectivity index (χ1n) is 5.71. The average Bonchev–Trinajstić information content (AvgIpc) is 2.46. The summed E-state index contributed by atoms with van der Waals surface area (Å²) in [4.78, 5) is 12.2. The number of benzene rings is 2. The summed E-state index contributed by atoms with van der Waals surface area (Å²) >= 11 is 0. The predicted octanol–water partition coefficient (Wildman–Crippen LogP) is 2.97. The number of rotatable bonds is 4. The fraction of sp³-hybridized carbons (Fsp3) is 0.133. The monoisotopic (exact) mass is 241 g/mol. The third-order valence-corrected chi connectivity index (χ3v) is 2.77. The van der Waals surface area contributed by atoms with E-state index >= 15 is 0 Å². The number of ether oxygens (including phenoxy) is 1. The Labute approximate surface area is 106 Å². The van der Waals surface area contributed by atoms with Gasteiger partial charge in [-0.3, -0.25) is 4.79 Å². The lowest BCUT2D eigenvalue weighted by atomic mass is 10.0. The maximum Gasteiger partial charge on any atom is 0.193 e. The van der Waals surface area contributed by atoms with Crippen molar-refractivity contribution in [3.8, 4) is 5.75 Å². The Kier molecular flexibility index (Phi) is 3.63. The lowest BCUT2D eigenvalue weighted by Crippen LogP contribution is -2.02. The van der Waals surface area contributed by atoms with Crippen molar-refractivity contribution < 1.29 is 9.53 Å². The maximum absolute atomic E-state index is 12.2. The second-order valence-corrected chi connectivity index (χ2v) is 3.89. The molecule has 18 heavy (non-hydrogen) atoms. The van der Waals surface area contributed by atoms with Gasteiger partial charge in [0.25, 0.3) is 0 Å². The van der Waals surface area contributed by atoms with E-state index in [2.05, 4.69) is 5.32 Å². The zero-order valence-electron chi connectivity index (χ0n) is 10.4. The summed E-state index contributed by atoms with van der Waals surface area (Å²) in [5.74, 6) is 0.755. The van der Waals surface area contributed by atoms with E-state index in [-0.39, 0.29) is 5.78 Å². The third-order valence-electron chi connectivity index (χ3n) is 2.77. The Hall–Kier alpha value is -2.29. The molecule has 0 bridgehead atoms. The van der Waals surface area contributed by atoms with Crippen molar-refractivity contribution in [1.82, 2.24) is 0 Å². The molecular formula is C15H15NO2. The normalized spacial score (nSPS) is 9.89. The van der Waals surface area contributed by atoms with E-state index in [1.54, 1.807) is 31.4 Å². The quantitative estimate of drug-likeness (QED) is 0.836. The van der Waals surface area contributed by atoms with E-state index in [1.807, 2.05) is 31.3 Å². The molecule has 0 saturated carbocycles. The SMILES string of the molecule is CNc1cccc(C(=O)c2ccc(OC)cc2)c1. The number of carbonyl (C=O) groups is 1. The summed E-state index contributed by atoms with van der Waals surface area (Å²) < 4.78 is 5.07. The molecule has 2 rings (SSSR count). The van der Waals surface area contributed by atoms with Gasteiger partial charge in [-0.1, -0.05) is 12.1 Å². The van der Waals surface area contributed by atoms with E-state index in [0.29, 0.717) is 11.1 Å². The Balaban J connectivity index is 2.29. The highest BCUT2D eigenvalue weighted by molar-refractivity contribution is 6.09. The van der Waals surface area contributed by atoms with Crippen molar-refractivity contribution in [2.24, 2.45) is 0 Å². The van der Waals surface area contributed by atoms with Gasteiger partial charge in [-0.05, 0) is 36.4 Å². The first kappa shape index (κ1) is 12.2. The van der Waals surface area contributed by atoms with Gasteiger partial charge in [-0.15, -0.1) is 0 Å². The zero-order chi connectivity index (χ0) is 13.0. The number of methoxy groups -OCH3 is 1. The van der Waals surface area contributed by atoms with E-state index < -0.39 is 0 Å². The minimum atomic E-state index is 0.00903. The minimum absolute atomic E-state index is 0.00903. The van der Waals surface area contributed by atoms with Gasteiger partial charge in [0.1, 0.15) is 5.75 Å². The second kappa shape index (κ2) is 5.36. The average molecular weight is 241 g/mol. The van der Waals surface area contributed by atoms with Crippen molar-refractivity contribution in [2.75, 3.05) is 19.5 Å². The van der Waals surface area contributed by atoms with Crippen molar-refractivity contribution in [2.45, 2.75) is 0 Å². The van der Waals surface area contributed by atoms with Crippen molar-refractivity contribution in [1.29, 1.82) is 0 Å². The summed E-state index contributed by atoms with van der Waals surface area (Å²) in [5, 5.41) is 3.02. The number of nitrogens with one attached hydrogen (secondary N) is 1. The van der Waals surface area contributed by atoms with Crippen LogP contribution in [0.5, 0.6) is 5.75 Å². The molecule has 0 aliphatic rings. The van der Waals surface area contributed by atoms with Gasteiger partial charge in [-0.25, -0.2) is 0 Å². The Bertz CT molecular complexity index is 547. The van der Waals surface area contributed by atoms with Crippen LogP contribution in [0.2, 0.25) is 0 Å². The molecule has 1 N–H and O–H groups in total. The number of hydrogen-bond donors (Lipinski definition) is 1. The molecule has 0 atom stereocenters. The van der Waals surface area contributed by atoms with Crippen LogP contribution in [-0.4, -0.2) is 19.9 Å². The van der Waals surface area contributed by atoms with Gasteiger partial charge in [0.15, 0.2) is 5.78 Å². The van der Waals surface area contributed by atoms with Crippen LogP contribution in [0.15, 0.2) is 48.5 Å². The van der Waals surface area contributed by atoms with E-state index in [0.717, 1.165) is 11.4 Å². The molecule has 2 aromatic rings. The summed E-state index contributed by atoms with van der Waals surface area (Å²) in [7, 11) is 3.43. The van der Waals surface area contributed by atoms with Crippen molar-refractivity contribution in [3.63, 3.8) is 0 Å². The third kappa shape index (κ3) is 2.51. The summed E-state index contributed by atoms with van der Waals surface area (Å²) in [6, 6.07) is 14.6. The fourth-order valence-corrected chi connectivity index (χ4v) is 1.73. The minimum Gasteiger partial charge on any atom is -0.497 e. The Morgan fingerprint density at radius 3 is 2.39 bits per heavy atom. The number of ketones is 1. The van der Waals surface area contributed by atoms with Gasteiger partial charge < -0.3 is 10.1 Å². The van der Waals surface area contributed by atoms with E-state index in [4.69, 9.17) is 4.74 Å². The summed E-state index contributed by atoms with van der Waals surface area (Å²) in [5.41, 5.74) is 2.26. The molecule has 0 aliphatic carbocycles. The van der Waals surface area contributed by atoms with Crippen LogP contribution in [0, 0.1) is 0 Å². The van der Waals surface area contributed by atoms with Gasteiger partial charge in [-0.2, -0.15) is 0 Å². The maximum atomic E-state index is 12.2. The van der Waals surface area contributed by atoms with Gasteiger partial charge in [0.2, 0.25) is 0 Å². The first-order chi connectivity index (χ1) is 8.74. The van der Waals surface area contributed by atoms with E-state index in [9.17, 15) is 4.79 Å². The van der Waals surface area contributed by atoms with Crippen LogP contribution in [0.1, 0.15) is 15.9 Å². The lowest BCUT2D eigenvalue weighted by Gasteiger charge is -2.05. The van der Waals surface area contributed by atoms with Crippen molar-refractivity contribution in [3.05, 3.63) is 59.7 Å². The molecule has 3 nitrogen and oxygen atoms in total. The topological polar surface area (TPSA) is 38.3 Å². The van der Waals surface area contributed by atoms with Crippen LogP contribution >= 0.6 is 0 Å². The predicted molar refractivity (Wildman–Crippen MR) is 72.4 cm³/mol. The van der Waals surface area contributed by atoms with Crippen LogP contribution in [0.25, 0.3) is 0 Å². The van der Waals surface area contributed by atoms with Crippen LogP contribution in [0.4, 0.5) is 5.69 Å². The molecule has 0 heterocycles. The molecule has 0 saturated heterocycles. The molecule has 0 spiro atoms.